The van der Waals surface area contributed by atoms with Gasteiger partial charge in [-0.05, 0) is 42.0 Å². The van der Waals surface area contributed by atoms with Crippen LogP contribution in [0.5, 0.6) is 0 Å². The summed E-state index contributed by atoms with van der Waals surface area (Å²) in [5, 5.41) is 0.915. The summed E-state index contributed by atoms with van der Waals surface area (Å²) >= 11 is 5.08. The highest BCUT2D eigenvalue weighted by Crippen LogP contribution is 2.26. The van der Waals surface area contributed by atoms with Gasteiger partial charge in [0, 0.05) is 17.6 Å². The first-order chi connectivity index (χ1) is 12.4. The first-order valence-electron chi connectivity index (χ1n) is 8.28. The molecule has 1 aromatic heterocycles. The van der Waals surface area contributed by atoms with Crippen LogP contribution in [-0.2, 0) is 10.0 Å². The topological polar surface area (TPSA) is 50.3 Å². The fraction of sp³-hybridized carbons (Fsp3) is 0.211. The largest absolute Gasteiger partial charge is 0.243 e. The van der Waals surface area contributed by atoms with Gasteiger partial charge >= 0.3 is 0 Å². The van der Waals surface area contributed by atoms with Crippen LogP contribution in [0, 0.1) is 0 Å². The van der Waals surface area contributed by atoms with E-state index in [2.05, 4.69) is 20.9 Å². The van der Waals surface area contributed by atoms with E-state index in [-0.39, 0.29) is 0 Å². The highest BCUT2D eigenvalue weighted by Gasteiger charge is 2.20. The molecule has 0 spiro atoms. The molecule has 0 aliphatic rings. The summed E-state index contributed by atoms with van der Waals surface area (Å²) in [6.07, 6.45) is 3.90. The SMILES string of the molecule is CCN(CC)S(=O)(=O)c1ccc(/C=C/c2nc3cc(Br)ccc3s2)cc1. The lowest BCUT2D eigenvalue weighted by Crippen LogP contribution is -2.30. The van der Waals surface area contributed by atoms with Crippen LogP contribution < -0.4 is 0 Å². The van der Waals surface area contributed by atoms with Gasteiger partial charge in [-0.3, -0.25) is 0 Å². The van der Waals surface area contributed by atoms with Crippen molar-refractivity contribution in [3.63, 3.8) is 0 Å². The molecule has 1 heterocycles. The maximum atomic E-state index is 12.5. The van der Waals surface area contributed by atoms with Gasteiger partial charge in [0.25, 0.3) is 0 Å². The molecule has 26 heavy (non-hydrogen) atoms. The van der Waals surface area contributed by atoms with Gasteiger partial charge < -0.3 is 0 Å². The van der Waals surface area contributed by atoms with Crippen LogP contribution in [0.2, 0.25) is 0 Å². The molecule has 0 radical (unpaired) electrons. The van der Waals surface area contributed by atoms with Crippen LogP contribution in [0.25, 0.3) is 22.4 Å². The van der Waals surface area contributed by atoms with E-state index in [1.54, 1.807) is 23.5 Å². The van der Waals surface area contributed by atoms with Crippen molar-refractivity contribution < 1.29 is 8.42 Å². The van der Waals surface area contributed by atoms with Crippen LogP contribution in [0.3, 0.4) is 0 Å². The number of aromatic nitrogens is 1. The molecule has 0 aliphatic heterocycles. The zero-order valence-electron chi connectivity index (χ0n) is 14.5. The number of sulfonamides is 1. The van der Waals surface area contributed by atoms with Crippen molar-refractivity contribution in [1.29, 1.82) is 0 Å². The molecule has 0 aliphatic carbocycles. The third-order valence-corrected chi connectivity index (χ3v) is 7.57. The van der Waals surface area contributed by atoms with E-state index in [9.17, 15) is 8.42 Å². The number of nitrogens with zero attached hydrogens (tertiary/aromatic N) is 2. The summed E-state index contributed by atoms with van der Waals surface area (Å²) in [5.41, 5.74) is 1.90. The molecule has 0 unspecified atom stereocenters. The highest BCUT2D eigenvalue weighted by atomic mass is 79.9. The van der Waals surface area contributed by atoms with Gasteiger partial charge in [-0.1, -0.05) is 48.0 Å². The minimum Gasteiger partial charge on any atom is -0.237 e. The fourth-order valence-corrected chi connectivity index (χ4v) is 5.28. The Balaban J connectivity index is 1.81. The molecule has 0 saturated carbocycles. The predicted octanol–water partition coefficient (Wildman–Crippen LogP) is 5.26. The Hall–Kier alpha value is -1.54. The van der Waals surface area contributed by atoms with E-state index in [0.717, 1.165) is 25.3 Å². The Kier molecular flexibility index (Phi) is 5.92. The monoisotopic (exact) mass is 450 g/mol. The smallest absolute Gasteiger partial charge is 0.237 e. The molecule has 0 fully saturated rings. The number of benzene rings is 2. The van der Waals surface area contributed by atoms with Crippen LogP contribution in [-0.4, -0.2) is 30.8 Å². The van der Waals surface area contributed by atoms with Gasteiger partial charge in [0.2, 0.25) is 10.0 Å². The predicted molar refractivity (Wildman–Crippen MR) is 113 cm³/mol. The van der Waals surface area contributed by atoms with E-state index in [1.165, 1.54) is 4.31 Å². The number of rotatable bonds is 6. The van der Waals surface area contributed by atoms with E-state index < -0.39 is 10.0 Å². The molecule has 136 valence electrons. The third-order valence-electron chi connectivity index (χ3n) is 4.01. The second-order valence-corrected chi connectivity index (χ2v) is 9.57. The van der Waals surface area contributed by atoms with E-state index in [4.69, 9.17) is 0 Å². The van der Waals surface area contributed by atoms with Crippen molar-refractivity contribution in [2.45, 2.75) is 18.7 Å². The number of hydrogen-bond acceptors (Lipinski definition) is 4. The lowest BCUT2D eigenvalue weighted by Gasteiger charge is -2.18. The summed E-state index contributed by atoms with van der Waals surface area (Å²) in [5.74, 6) is 0. The molecule has 0 saturated heterocycles. The molecule has 2 aromatic carbocycles. The van der Waals surface area contributed by atoms with Crippen LogP contribution in [0.4, 0.5) is 0 Å². The minimum absolute atomic E-state index is 0.322. The van der Waals surface area contributed by atoms with Crippen molar-refractivity contribution in [2.24, 2.45) is 0 Å². The van der Waals surface area contributed by atoms with Crippen molar-refractivity contribution in [3.05, 3.63) is 57.5 Å². The Bertz CT molecular complexity index is 1040. The molecule has 3 rings (SSSR count). The third kappa shape index (κ3) is 4.06. The molecule has 0 atom stereocenters. The van der Waals surface area contributed by atoms with Crippen molar-refractivity contribution >= 4 is 59.7 Å². The average Bonchev–Trinajstić information content (AvgIpc) is 3.03. The quantitative estimate of drug-likeness (QED) is 0.514. The van der Waals surface area contributed by atoms with Crippen molar-refractivity contribution in [1.82, 2.24) is 9.29 Å². The van der Waals surface area contributed by atoms with Crippen LogP contribution in [0.15, 0.2) is 51.8 Å². The summed E-state index contributed by atoms with van der Waals surface area (Å²) in [4.78, 5) is 4.91. The lowest BCUT2D eigenvalue weighted by atomic mass is 10.2. The van der Waals surface area contributed by atoms with E-state index in [1.807, 2.05) is 56.3 Å². The molecule has 4 nitrogen and oxygen atoms in total. The zero-order chi connectivity index (χ0) is 18.7. The highest BCUT2D eigenvalue weighted by molar-refractivity contribution is 9.10. The zero-order valence-corrected chi connectivity index (χ0v) is 17.7. The van der Waals surface area contributed by atoms with Gasteiger partial charge in [0.15, 0.2) is 0 Å². The summed E-state index contributed by atoms with van der Waals surface area (Å²) in [6.45, 7) is 4.62. The number of fused-ring (bicyclic) bond motifs is 1. The standard InChI is InChI=1S/C19H19BrN2O2S2/c1-3-22(4-2)26(23,24)16-9-5-14(6-10-16)7-12-19-21-17-13-15(20)8-11-18(17)25-19/h5-13H,3-4H2,1-2H3/b12-7+. The second kappa shape index (κ2) is 8.00. The van der Waals surface area contributed by atoms with Gasteiger partial charge in [-0.15, -0.1) is 11.3 Å². The Morgan fingerprint density at radius 1 is 1.08 bits per heavy atom. The maximum Gasteiger partial charge on any atom is 0.243 e. The normalized spacial score (nSPS) is 12.5. The van der Waals surface area contributed by atoms with Crippen LogP contribution >= 0.6 is 27.3 Å². The minimum atomic E-state index is -3.41. The number of thiazole rings is 1. The van der Waals surface area contributed by atoms with Crippen molar-refractivity contribution in [2.75, 3.05) is 13.1 Å². The fourth-order valence-electron chi connectivity index (χ4n) is 2.62. The molecule has 0 bridgehead atoms. The lowest BCUT2D eigenvalue weighted by molar-refractivity contribution is 0.445. The summed E-state index contributed by atoms with van der Waals surface area (Å²) in [6, 6.07) is 13.0. The molecule has 3 aromatic rings. The number of hydrogen-bond donors (Lipinski definition) is 0. The van der Waals surface area contributed by atoms with Crippen molar-refractivity contribution in [3.8, 4) is 0 Å². The molecule has 0 amide bonds. The average molecular weight is 451 g/mol. The Labute approximate surface area is 166 Å². The van der Waals surface area contributed by atoms with Gasteiger partial charge in [0.05, 0.1) is 15.1 Å². The summed E-state index contributed by atoms with van der Waals surface area (Å²) < 4.78 is 28.6. The molecule has 7 heteroatoms. The first-order valence-corrected chi connectivity index (χ1v) is 11.3. The van der Waals surface area contributed by atoms with Gasteiger partial charge in [-0.2, -0.15) is 4.31 Å². The summed E-state index contributed by atoms with van der Waals surface area (Å²) in [7, 11) is -3.41. The van der Waals surface area contributed by atoms with Gasteiger partial charge in [-0.25, -0.2) is 13.4 Å². The molecular formula is C19H19BrN2O2S2. The first kappa shape index (κ1) is 19.2. The molecular weight excluding hydrogens is 432 g/mol. The molecule has 0 N–H and O–H groups in total. The van der Waals surface area contributed by atoms with E-state index in [0.29, 0.717) is 18.0 Å². The van der Waals surface area contributed by atoms with Gasteiger partial charge in [0.1, 0.15) is 5.01 Å². The van der Waals surface area contributed by atoms with Crippen LogP contribution in [0.1, 0.15) is 24.4 Å². The van der Waals surface area contributed by atoms with E-state index >= 15 is 0 Å². The Morgan fingerprint density at radius 2 is 1.77 bits per heavy atom. The number of halogens is 1. The maximum absolute atomic E-state index is 12.5. The Morgan fingerprint density at radius 3 is 2.42 bits per heavy atom. The second-order valence-electron chi connectivity index (χ2n) is 5.66.